The van der Waals surface area contributed by atoms with Crippen LogP contribution in [-0.2, 0) is 5.41 Å². The fraction of sp³-hybridized carbons (Fsp3) is 0.286. The molecule has 110 valence electrons. The van der Waals surface area contributed by atoms with Gasteiger partial charge in [0, 0.05) is 11.0 Å². The number of hydrogen-bond donors (Lipinski definition) is 1. The largest absolute Gasteiger partial charge is 0.297 e. The maximum absolute atomic E-state index is 13.5. The van der Waals surface area contributed by atoms with Gasteiger partial charge in [-0.05, 0) is 18.3 Å². The molecular formula is C14H15FN4OS. The van der Waals surface area contributed by atoms with Crippen LogP contribution in [0.2, 0.25) is 0 Å². The number of benzene rings is 1. The lowest BCUT2D eigenvalue weighted by Crippen LogP contribution is -2.32. The minimum Gasteiger partial charge on any atom is -0.265 e. The summed E-state index contributed by atoms with van der Waals surface area (Å²) in [4.78, 5) is 12.3. The number of rotatable bonds is 2. The summed E-state index contributed by atoms with van der Waals surface area (Å²) in [6, 6.07) is 6.14. The number of hydrogen-bond acceptors (Lipinski definition) is 4. The van der Waals surface area contributed by atoms with Gasteiger partial charge in [0.1, 0.15) is 11.5 Å². The van der Waals surface area contributed by atoms with Crippen molar-refractivity contribution < 1.29 is 4.39 Å². The molecule has 21 heavy (non-hydrogen) atoms. The number of aromatic nitrogens is 3. The van der Waals surface area contributed by atoms with E-state index in [9.17, 15) is 9.18 Å². The van der Waals surface area contributed by atoms with Gasteiger partial charge in [0.05, 0.1) is 6.21 Å². The molecule has 0 aliphatic carbocycles. The van der Waals surface area contributed by atoms with Gasteiger partial charge >= 0.3 is 0 Å². The molecule has 1 heterocycles. The van der Waals surface area contributed by atoms with Gasteiger partial charge in [0.2, 0.25) is 4.77 Å². The highest BCUT2D eigenvalue weighted by molar-refractivity contribution is 7.71. The molecule has 0 bridgehead atoms. The fourth-order valence-electron chi connectivity index (χ4n) is 1.68. The minimum absolute atomic E-state index is 0.0561. The molecule has 1 N–H and O–H groups in total. The van der Waals surface area contributed by atoms with Gasteiger partial charge in [-0.3, -0.25) is 9.89 Å². The summed E-state index contributed by atoms with van der Waals surface area (Å²) in [5.74, 6) is -0.422. The summed E-state index contributed by atoms with van der Waals surface area (Å²) in [7, 11) is 0. The maximum atomic E-state index is 13.5. The SMILES string of the molecule is CC(C)(C)c1n[nH]c(=S)n(/N=C\c2ccccc2F)c1=O. The Labute approximate surface area is 126 Å². The highest BCUT2D eigenvalue weighted by atomic mass is 32.1. The molecule has 0 aliphatic heterocycles. The van der Waals surface area contributed by atoms with Crippen molar-refractivity contribution in [3.63, 3.8) is 0 Å². The van der Waals surface area contributed by atoms with Crippen molar-refractivity contribution >= 4 is 18.4 Å². The van der Waals surface area contributed by atoms with E-state index in [1.54, 1.807) is 18.2 Å². The first kappa shape index (κ1) is 15.2. The quantitative estimate of drug-likeness (QED) is 0.685. The Morgan fingerprint density at radius 3 is 2.67 bits per heavy atom. The van der Waals surface area contributed by atoms with Gasteiger partial charge in [-0.15, -0.1) is 0 Å². The maximum Gasteiger partial charge on any atom is 0.297 e. The second-order valence-corrected chi connectivity index (χ2v) is 5.90. The Morgan fingerprint density at radius 2 is 2.05 bits per heavy atom. The van der Waals surface area contributed by atoms with Crippen molar-refractivity contribution in [1.82, 2.24) is 14.9 Å². The summed E-state index contributed by atoms with van der Waals surface area (Å²) in [5.41, 5.74) is -0.292. The standard InChI is InChI=1S/C14H15FN4OS/c1-14(2,3)11-12(20)19(13(21)18-17-11)16-8-9-6-4-5-7-10(9)15/h4-8H,1-3H3,(H,18,21)/b16-8-. The summed E-state index contributed by atoms with van der Waals surface area (Å²) >= 11 is 5.01. The second-order valence-electron chi connectivity index (χ2n) is 5.51. The van der Waals surface area contributed by atoms with E-state index in [0.29, 0.717) is 5.69 Å². The fourth-order valence-corrected chi connectivity index (χ4v) is 1.86. The zero-order chi connectivity index (χ0) is 15.6. The van der Waals surface area contributed by atoms with Crippen LogP contribution in [0.5, 0.6) is 0 Å². The summed E-state index contributed by atoms with van der Waals surface area (Å²) < 4.78 is 14.6. The van der Waals surface area contributed by atoms with Gasteiger partial charge in [-0.25, -0.2) is 4.39 Å². The lowest BCUT2D eigenvalue weighted by Gasteiger charge is -2.16. The van der Waals surface area contributed by atoms with Crippen LogP contribution in [0.15, 0.2) is 34.2 Å². The highest BCUT2D eigenvalue weighted by Crippen LogP contribution is 2.15. The van der Waals surface area contributed by atoms with Crippen LogP contribution in [0, 0.1) is 10.6 Å². The van der Waals surface area contributed by atoms with Gasteiger partial charge in [0.25, 0.3) is 5.56 Å². The lowest BCUT2D eigenvalue weighted by atomic mass is 9.93. The van der Waals surface area contributed by atoms with Crippen molar-refractivity contribution in [3.8, 4) is 0 Å². The molecule has 2 aromatic rings. The third kappa shape index (κ3) is 3.30. The lowest BCUT2D eigenvalue weighted by molar-refractivity contribution is 0.529. The van der Waals surface area contributed by atoms with Gasteiger partial charge in [0.15, 0.2) is 0 Å². The number of aromatic amines is 1. The Morgan fingerprint density at radius 1 is 1.38 bits per heavy atom. The highest BCUT2D eigenvalue weighted by Gasteiger charge is 2.21. The first-order chi connectivity index (χ1) is 9.80. The van der Waals surface area contributed by atoms with E-state index >= 15 is 0 Å². The monoisotopic (exact) mass is 306 g/mol. The van der Waals surface area contributed by atoms with E-state index < -0.39 is 16.8 Å². The molecule has 0 aliphatic rings. The molecule has 0 radical (unpaired) electrons. The Balaban J connectivity index is 2.53. The van der Waals surface area contributed by atoms with E-state index in [2.05, 4.69) is 15.3 Å². The van der Waals surface area contributed by atoms with Crippen molar-refractivity contribution in [1.29, 1.82) is 0 Å². The Hall–Kier alpha value is -2.15. The van der Waals surface area contributed by atoms with Gasteiger partial charge in [-0.1, -0.05) is 39.0 Å². The molecule has 0 spiro atoms. The first-order valence-corrected chi connectivity index (χ1v) is 6.72. The Bertz CT molecular complexity index is 802. The summed E-state index contributed by atoms with van der Waals surface area (Å²) in [6.45, 7) is 5.58. The molecular weight excluding hydrogens is 291 g/mol. The smallest absolute Gasteiger partial charge is 0.265 e. The third-order valence-electron chi connectivity index (χ3n) is 2.78. The molecule has 0 unspecified atom stereocenters. The molecule has 0 atom stereocenters. The van der Waals surface area contributed by atoms with Crippen molar-refractivity contribution in [2.45, 2.75) is 26.2 Å². The topological polar surface area (TPSA) is 63.0 Å². The number of nitrogens with one attached hydrogen (secondary N) is 1. The van der Waals surface area contributed by atoms with Gasteiger partial charge < -0.3 is 0 Å². The first-order valence-electron chi connectivity index (χ1n) is 6.32. The van der Waals surface area contributed by atoms with Crippen LogP contribution < -0.4 is 5.56 Å². The van der Waals surface area contributed by atoms with Gasteiger partial charge in [-0.2, -0.15) is 14.9 Å². The summed E-state index contributed by atoms with van der Waals surface area (Å²) in [6.07, 6.45) is 1.26. The normalized spacial score (nSPS) is 12.0. The Kier molecular flexibility index (Phi) is 4.13. The number of halogens is 1. The number of H-pyrrole nitrogens is 1. The van der Waals surface area contributed by atoms with E-state index in [0.717, 1.165) is 4.68 Å². The van der Waals surface area contributed by atoms with Crippen molar-refractivity contribution in [3.05, 3.63) is 56.5 Å². The van der Waals surface area contributed by atoms with Crippen LogP contribution in [0.4, 0.5) is 4.39 Å². The van der Waals surface area contributed by atoms with Crippen LogP contribution in [0.3, 0.4) is 0 Å². The van der Waals surface area contributed by atoms with E-state index in [4.69, 9.17) is 12.2 Å². The summed E-state index contributed by atoms with van der Waals surface area (Å²) in [5, 5.41) is 10.5. The molecule has 1 aromatic carbocycles. The average Bonchev–Trinajstić information content (AvgIpc) is 2.38. The number of nitrogens with zero attached hydrogens (tertiary/aromatic N) is 3. The van der Waals surface area contributed by atoms with E-state index in [-0.39, 0.29) is 10.3 Å². The molecule has 2 rings (SSSR count). The molecule has 7 heteroatoms. The van der Waals surface area contributed by atoms with E-state index in [1.807, 2.05) is 20.8 Å². The third-order valence-corrected chi connectivity index (χ3v) is 3.04. The van der Waals surface area contributed by atoms with Crippen molar-refractivity contribution in [2.75, 3.05) is 0 Å². The van der Waals surface area contributed by atoms with E-state index in [1.165, 1.54) is 12.3 Å². The minimum atomic E-state index is -0.452. The average molecular weight is 306 g/mol. The molecule has 1 aromatic heterocycles. The molecule has 5 nitrogen and oxygen atoms in total. The van der Waals surface area contributed by atoms with Crippen molar-refractivity contribution in [2.24, 2.45) is 5.10 Å². The van der Waals surface area contributed by atoms with Crippen LogP contribution in [-0.4, -0.2) is 21.1 Å². The van der Waals surface area contributed by atoms with Crippen LogP contribution >= 0.6 is 12.2 Å². The predicted octanol–water partition coefficient (Wildman–Crippen LogP) is 2.62. The molecule has 0 fully saturated rings. The molecule has 0 saturated carbocycles. The van der Waals surface area contributed by atoms with Crippen LogP contribution in [0.1, 0.15) is 32.0 Å². The zero-order valence-electron chi connectivity index (χ0n) is 11.9. The second kappa shape index (κ2) is 5.69. The van der Waals surface area contributed by atoms with Crippen LogP contribution in [0.25, 0.3) is 0 Å². The predicted molar refractivity (Wildman–Crippen MR) is 81.8 cm³/mol. The molecule has 0 amide bonds. The zero-order valence-corrected chi connectivity index (χ0v) is 12.7. The molecule has 0 saturated heterocycles.